The molecule has 0 saturated heterocycles. The average molecular weight is 302 g/mol. The lowest BCUT2D eigenvalue weighted by molar-refractivity contribution is 0.0935. The van der Waals surface area contributed by atoms with Gasteiger partial charge >= 0.3 is 0 Å². The average Bonchev–Trinajstić information content (AvgIpc) is 2.73. The van der Waals surface area contributed by atoms with Crippen LogP contribution >= 0.6 is 27.3 Å². The lowest BCUT2D eigenvalue weighted by atomic mass is 10.1. The molecule has 1 amide bonds. The van der Waals surface area contributed by atoms with Crippen molar-refractivity contribution in [2.45, 2.75) is 43.0 Å². The Kier molecular flexibility index (Phi) is 4.41. The molecule has 16 heavy (non-hydrogen) atoms. The molecule has 2 unspecified atom stereocenters. The number of carbonyl (C=O) groups excluding carboxylic acids is 1. The molecule has 2 atom stereocenters. The van der Waals surface area contributed by atoms with E-state index in [1.807, 2.05) is 16.8 Å². The monoisotopic (exact) mass is 301 g/mol. The van der Waals surface area contributed by atoms with Crippen LogP contribution in [0.4, 0.5) is 0 Å². The molecule has 1 aromatic rings. The fourth-order valence-electron chi connectivity index (χ4n) is 2.07. The lowest BCUT2D eigenvalue weighted by Gasteiger charge is -2.21. The predicted molar refractivity (Wildman–Crippen MR) is 71.4 cm³/mol. The summed E-state index contributed by atoms with van der Waals surface area (Å²) in [6.45, 7) is 0. The molecule has 1 aromatic heterocycles. The van der Waals surface area contributed by atoms with Gasteiger partial charge in [-0.05, 0) is 24.3 Å². The highest BCUT2D eigenvalue weighted by Gasteiger charge is 2.23. The molecule has 1 aliphatic rings. The molecule has 88 valence electrons. The van der Waals surface area contributed by atoms with Crippen LogP contribution in [0.25, 0.3) is 0 Å². The third-order valence-electron chi connectivity index (χ3n) is 3.03. The number of alkyl halides is 1. The predicted octanol–water partition coefficient (Wildman–Crippen LogP) is 3.57. The molecule has 4 heteroatoms. The zero-order chi connectivity index (χ0) is 11.4. The van der Waals surface area contributed by atoms with E-state index in [9.17, 15) is 4.79 Å². The molecule has 0 aromatic carbocycles. The Bertz CT molecular complexity index is 339. The maximum absolute atomic E-state index is 11.9. The molecule has 0 radical (unpaired) electrons. The highest BCUT2D eigenvalue weighted by atomic mass is 79.9. The van der Waals surface area contributed by atoms with Crippen LogP contribution < -0.4 is 5.32 Å². The smallest absolute Gasteiger partial charge is 0.252 e. The highest BCUT2D eigenvalue weighted by Crippen LogP contribution is 2.24. The molecule has 0 aliphatic heterocycles. The van der Waals surface area contributed by atoms with Crippen LogP contribution in [0.15, 0.2) is 16.8 Å². The number of hydrogen-bond acceptors (Lipinski definition) is 2. The van der Waals surface area contributed by atoms with Crippen molar-refractivity contribution >= 4 is 33.2 Å². The summed E-state index contributed by atoms with van der Waals surface area (Å²) in [5, 5.41) is 6.97. The van der Waals surface area contributed by atoms with Gasteiger partial charge in [0.1, 0.15) is 0 Å². The Morgan fingerprint density at radius 1 is 1.38 bits per heavy atom. The van der Waals surface area contributed by atoms with Gasteiger partial charge in [-0.1, -0.05) is 35.2 Å². The Hall–Kier alpha value is -0.350. The third kappa shape index (κ3) is 3.08. The van der Waals surface area contributed by atoms with Crippen molar-refractivity contribution in [2.24, 2.45) is 0 Å². The summed E-state index contributed by atoms with van der Waals surface area (Å²) in [5.41, 5.74) is 0.786. The number of rotatable bonds is 2. The lowest BCUT2D eigenvalue weighted by Crippen LogP contribution is -2.40. The molecule has 0 spiro atoms. The van der Waals surface area contributed by atoms with E-state index in [4.69, 9.17) is 0 Å². The van der Waals surface area contributed by atoms with Gasteiger partial charge < -0.3 is 5.32 Å². The van der Waals surface area contributed by atoms with Crippen molar-refractivity contribution in [1.82, 2.24) is 5.32 Å². The third-order valence-corrected chi connectivity index (χ3v) is 4.81. The standard InChI is InChI=1S/C12H16BrNOS/c13-10-4-2-1-3-5-11(10)14-12(15)9-6-7-16-8-9/h6-8,10-11H,1-5H2,(H,14,15). The van der Waals surface area contributed by atoms with Crippen molar-refractivity contribution in [3.8, 4) is 0 Å². The zero-order valence-corrected chi connectivity index (χ0v) is 11.5. The highest BCUT2D eigenvalue weighted by molar-refractivity contribution is 9.09. The summed E-state index contributed by atoms with van der Waals surface area (Å²) in [5.74, 6) is 0.0672. The van der Waals surface area contributed by atoms with E-state index >= 15 is 0 Å². The maximum atomic E-state index is 11.9. The second-order valence-electron chi connectivity index (χ2n) is 4.25. The number of carbonyl (C=O) groups is 1. The maximum Gasteiger partial charge on any atom is 0.252 e. The molecule has 1 N–H and O–H groups in total. The van der Waals surface area contributed by atoms with Gasteiger partial charge in [0, 0.05) is 21.8 Å². The molecule has 2 rings (SSSR count). The van der Waals surface area contributed by atoms with E-state index < -0.39 is 0 Å². The second kappa shape index (κ2) is 5.82. The number of halogens is 1. The first-order chi connectivity index (χ1) is 7.77. The van der Waals surface area contributed by atoms with E-state index in [1.54, 1.807) is 11.3 Å². The van der Waals surface area contributed by atoms with Crippen LogP contribution in [0.1, 0.15) is 42.5 Å². The van der Waals surface area contributed by atoms with Crippen molar-refractivity contribution in [2.75, 3.05) is 0 Å². The SMILES string of the molecule is O=C(NC1CCCCCC1Br)c1ccsc1. The first-order valence-corrected chi connectivity index (χ1v) is 7.60. The minimum absolute atomic E-state index is 0.0672. The van der Waals surface area contributed by atoms with Gasteiger partial charge in [0.15, 0.2) is 0 Å². The van der Waals surface area contributed by atoms with Crippen LogP contribution in [0, 0.1) is 0 Å². The Labute approximate surface area is 109 Å². The minimum atomic E-state index is 0.0672. The fourth-order valence-corrected chi connectivity index (χ4v) is 3.43. The first-order valence-electron chi connectivity index (χ1n) is 5.74. The molecular weight excluding hydrogens is 286 g/mol. The quantitative estimate of drug-likeness (QED) is 0.656. The topological polar surface area (TPSA) is 29.1 Å². The van der Waals surface area contributed by atoms with E-state index in [0.717, 1.165) is 18.4 Å². The first kappa shape index (κ1) is 12.1. The van der Waals surface area contributed by atoms with Crippen LogP contribution in [-0.2, 0) is 0 Å². The summed E-state index contributed by atoms with van der Waals surface area (Å²) in [6.07, 6.45) is 6.02. The number of thiophene rings is 1. The fraction of sp³-hybridized carbons (Fsp3) is 0.583. The van der Waals surface area contributed by atoms with Gasteiger partial charge in [-0.25, -0.2) is 0 Å². The summed E-state index contributed by atoms with van der Waals surface area (Å²) >= 11 is 5.25. The van der Waals surface area contributed by atoms with E-state index in [1.165, 1.54) is 19.3 Å². The number of nitrogens with one attached hydrogen (secondary N) is 1. The molecule has 1 heterocycles. The largest absolute Gasteiger partial charge is 0.348 e. The van der Waals surface area contributed by atoms with Gasteiger partial charge in [-0.2, -0.15) is 11.3 Å². The summed E-state index contributed by atoms with van der Waals surface area (Å²) in [6, 6.07) is 2.16. The van der Waals surface area contributed by atoms with Crippen molar-refractivity contribution < 1.29 is 4.79 Å². The Morgan fingerprint density at radius 2 is 2.19 bits per heavy atom. The van der Waals surface area contributed by atoms with Crippen LogP contribution in [0.3, 0.4) is 0 Å². The number of amides is 1. The van der Waals surface area contributed by atoms with E-state index in [2.05, 4.69) is 21.2 Å². The summed E-state index contributed by atoms with van der Waals surface area (Å²) in [7, 11) is 0. The van der Waals surface area contributed by atoms with E-state index in [-0.39, 0.29) is 11.9 Å². The molecular formula is C12H16BrNOS. The molecule has 1 fully saturated rings. The van der Waals surface area contributed by atoms with E-state index in [0.29, 0.717) is 4.83 Å². The van der Waals surface area contributed by atoms with Crippen LogP contribution in [0.5, 0.6) is 0 Å². The van der Waals surface area contributed by atoms with Gasteiger partial charge in [-0.3, -0.25) is 4.79 Å². The second-order valence-corrected chi connectivity index (χ2v) is 6.20. The Morgan fingerprint density at radius 3 is 2.94 bits per heavy atom. The van der Waals surface area contributed by atoms with Gasteiger partial charge in [0.05, 0.1) is 0 Å². The van der Waals surface area contributed by atoms with Crippen molar-refractivity contribution in [1.29, 1.82) is 0 Å². The summed E-state index contributed by atoms with van der Waals surface area (Å²) in [4.78, 5) is 12.3. The summed E-state index contributed by atoms with van der Waals surface area (Å²) < 4.78 is 0. The van der Waals surface area contributed by atoms with Crippen LogP contribution in [-0.4, -0.2) is 16.8 Å². The van der Waals surface area contributed by atoms with Gasteiger partial charge in [-0.15, -0.1) is 0 Å². The van der Waals surface area contributed by atoms with Crippen molar-refractivity contribution in [3.05, 3.63) is 22.4 Å². The van der Waals surface area contributed by atoms with Crippen molar-refractivity contribution in [3.63, 3.8) is 0 Å². The molecule has 2 nitrogen and oxygen atoms in total. The number of hydrogen-bond donors (Lipinski definition) is 1. The van der Waals surface area contributed by atoms with Gasteiger partial charge in [0.25, 0.3) is 5.91 Å². The molecule has 1 aliphatic carbocycles. The zero-order valence-electron chi connectivity index (χ0n) is 9.12. The minimum Gasteiger partial charge on any atom is -0.348 e. The molecule has 1 saturated carbocycles. The molecule has 0 bridgehead atoms. The normalized spacial score (nSPS) is 26.1. The van der Waals surface area contributed by atoms with Gasteiger partial charge in [0.2, 0.25) is 0 Å². The van der Waals surface area contributed by atoms with Crippen LogP contribution in [0.2, 0.25) is 0 Å². The Balaban J connectivity index is 1.95.